The van der Waals surface area contributed by atoms with Crippen LogP contribution >= 0.6 is 0 Å². The molecule has 0 saturated carbocycles. The van der Waals surface area contributed by atoms with Gasteiger partial charge in [-0.2, -0.15) is 0 Å². The van der Waals surface area contributed by atoms with Gasteiger partial charge in [-0.05, 0) is 30.0 Å². The second-order valence-corrected chi connectivity index (χ2v) is 5.57. The zero-order valence-corrected chi connectivity index (χ0v) is 13.4. The highest BCUT2D eigenvalue weighted by atomic mass is 16.5. The van der Waals surface area contributed by atoms with Crippen molar-refractivity contribution in [3.63, 3.8) is 0 Å². The fourth-order valence-corrected chi connectivity index (χ4v) is 2.57. The molecule has 126 valence electrons. The van der Waals surface area contributed by atoms with Crippen molar-refractivity contribution in [2.24, 2.45) is 5.92 Å². The zero-order valence-electron chi connectivity index (χ0n) is 13.4. The standard InChI is InChI=1S/C16H22N2O5/c1-22-13-6-11(7-14(8-13)23-2)5-12-9-18(10-12)16(21)17-4-3-15(19)20/h6-8,12H,3-5,9-10H2,1-2H3,(H,17,21)(H,19,20). The average Bonchev–Trinajstić information content (AvgIpc) is 2.49. The Morgan fingerprint density at radius 1 is 1.22 bits per heavy atom. The number of likely N-dealkylation sites (tertiary alicyclic amines) is 1. The summed E-state index contributed by atoms with van der Waals surface area (Å²) in [5, 5.41) is 11.1. The molecular weight excluding hydrogens is 300 g/mol. The first-order valence-electron chi connectivity index (χ1n) is 7.48. The number of hydrogen-bond acceptors (Lipinski definition) is 4. The van der Waals surface area contributed by atoms with E-state index in [2.05, 4.69) is 5.32 Å². The third-order valence-electron chi connectivity index (χ3n) is 3.80. The molecule has 2 rings (SSSR count). The third-order valence-corrected chi connectivity index (χ3v) is 3.80. The van der Waals surface area contributed by atoms with Crippen LogP contribution in [0.2, 0.25) is 0 Å². The number of carboxylic acids is 1. The molecule has 2 amide bonds. The van der Waals surface area contributed by atoms with E-state index in [1.54, 1.807) is 19.1 Å². The molecule has 0 spiro atoms. The minimum absolute atomic E-state index is 0.0629. The number of amides is 2. The van der Waals surface area contributed by atoms with E-state index in [9.17, 15) is 9.59 Å². The molecule has 7 heteroatoms. The smallest absolute Gasteiger partial charge is 0.317 e. The van der Waals surface area contributed by atoms with E-state index in [1.807, 2.05) is 18.2 Å². The van der Waals surface area contributed by atoms with Crippen molar-refractivity contribution in [2.45, 2.75) is 12.8 Å². The van der Waals surface area contributed by atoms with E-state index in [4.69, 9.17) is 14.6 Å². The first-order valence-corrected chi connectivity index (χ1v) is 7.48. The first-order chi connectivity index (χ1) is 11.0. The molecule has 23 heavy (non-hydrogen) atoms. The van der Waals surface area contributed by atoms with Crippen LogP contribution < -0.4 is 14.8 Å². The van der Waals surface area contributed by atoms with E-state index >= 15 is 0 Å². The molecule has 1 aromatic rings. The lowest BCUT2D eigenvalue weighted by molar-refractivity contribution is -0.136. The molecule has 1 aliphatic rings. The van der Waals surface area contributed by atoms with Gasteiger partial charge in [-0.15, -0.1) is 0 Å². The quantitative estimate of drug-likeness (QED) is 0.791. The van der Waals surface area contributed by atoms with Crippen molar-refractivity contribution in [2.75, 3.05) is 33.9 Å². The van der Waals surface area contributed by atoms with Crippen molar-refractivity contribution >= 4 is 12.0 Å². The fraction of sp³-hybridized carbons (Fsp3) is 0.500. The molecule has 0 aliphatic carbocycles. The highest BCUT2D eigenvalue weighted by Gasteiger charge is 2.30. The van der Waals surface area contributed by atoms with Crippen LogP contribution in [0.4, 0.5) is 4.79 Å². The number of nitrogens with zero attached hydrogens (tertiary/aromatic N) is 1. The number of carbonyl (C=O) groups is 2. The monoisotopic (exact) mass is 322 g/mol. The third kappa shape index (κ3) is 4.77. The van der Waals surface area contributed by atoms with Gasteiger partial charge in [0.25, 0.3) is 0 Å². The van der Waals surface area contributed by atoms with Gasteiger partial charge in [0, 0.05) is 25.7 Å². The molecule has 2 N–H and O–H groups in total. The van der Waals surface area contributed by atoms with Gasteiger partial charge in [-0.1, -0.05) is 0 Å². The van der Waals surface area contributed by atoms with Crippen LogP contribution in [-0.4, -0.2) is 55.9 Å². The fourth-order valence-electron chi connectivity index (χ4n) is 2.57. The van der Waals surface area contributed by atoms with E-state index in [0.29, 0.717) is 19.0 Å². The van der Waals surface area contributed by atoms with Gasteiger partial charge < -0.3 is 24.8 Å². The maximum Gasteiger partial charge on any atom is 0.317 e. The predicted molar refractivity (Wildman–Crippen MR) is 84.0 cm³/mol. The number of ether oxygens (including phenoxy) is 2. The molecule has 0 aromatic heterocycles. The van der Waals surface area contributed by atoms with Crippen LogP contribution in [0.25, 0.3) is 0 Å². The van der Waals surface area contributed by atoms with E-state index in [-0.39, 0.29) is 19.0 Å². The molecule has 1 aliphatic heterocycles. The topological polar surface area (TPSA) is 88.1 Å². The maximum atomic E-state index is 11.8. The summed E-state index contributed by atoms with van der Waals surface area (Å²) in [4.78, 5) is 23.9. The number of methoxy groups -OCH3 is 2. The van der Waals surface area contributed by atoms with Crippen LogP contribution in [0.5, 0.6) is 11.5 Å². The highest BCUT2D eigenvalue weighted by molar-refractivity contribution is 5.76. The molecule has 0 unspecified atom stereocenters. The van der Waals surface area contributed by atoms with Crippen molar-refractivity contribution in [1.29, 1.82) is 0 Å². The Morgan fingerprint density at radius 2 is 1.83 bits per heavy atom. The summed E-state index contributed by atoms with van der Waals surface area (Å²) < 4.78 is 10.5. The summed E-state index contributed by atoms with van der Waals surface area (Å²) >= 11 is 0. The number of carbonyl (C=O) groups excluding carboxylic acids is 1. The largest absolute Gasteiger partial charge is 0.497 e. The summed E-state index contributed by atoms with van der Waals surface area (Å²) in [5.74, 6) is 0.972. The number of aliphatic carboxylic acids is 1. The Kier molecular flexibility index (Phi) is 5.67. The molecule has 0 radical (unpaired) electrons. The van der Waals surface area contributed by atoms with Crippen LogP contribution in [0.15, 0.2) is 18.2 Å². The lowest BCUT2D eigenvalue weighted by atomic mass is 9.92. The summed E-state index contributed by atoms with van der Waals surface area (Å²) in [5.41, 5.74) is 1.11. The van der Waals surface area contributed by atoms with Crippen LogP contribution in [0, 0.1) is 5.92 Å². The number of benzene rings is 1. The zero-order chi connectivity index (χ0) is 16.8. The number of urea groups is 1. The summed E-state index contributed by atoms with van der Waals surface area (Å²) in [6.07, 6.45) is 0.777. The summed E-state index contributed by atoms with van der Waals surface area (Å²) in [6.45, 7) is 1.49. The Bertz CT molecular complexity index is 547. The van der Waals surface area contributed by atoms with Crippen molar-refractivity contribution in [1.82, 2.24) is 10.2 Å². The molecule has 1 saturated heterocycles. The maximum absolute atomic E-state index is 11.8. The number of nitrogens with one attached hydrogen (secondary N) is 1. The molecule has 0 bridgehead atoms. The molecule has 1 heterocycles. The van der Waals surface area contributed by atoms with Gasteiger partial charge in [0.15, 0.2) is 0 Å². The van der Waals surface area contributed by atoms with Gasteiger partial charge in [-0.25, -0.2) is 4.79 Å². The number of hydrogen-bond donors (Lipinski definition) is 2. The summed E-state index contributed by atoms with van der Waals surface area (Å²) in [7, 11) is 3.23. The van der Waals surface area contributed by atoms with E-state index in [1.165, 1.54) is 0 Å². The van der Waals surface area contributed by atoms with E-state index < -0.39 is 5.97 Å². The normalized spacial score (nSPS) is 14.1. The van der Waals surface area contributed by atoms with Crippen molar-refractivity contribution in [3.8, 4) is 11.5 Å². The number of rotatable bonds is 7. The Hall–Kier alpha value is -2.44. The van der Waals surface area contributed by atoms with Crippen molar-refractivity contribution < 1.29 is 24.2 Å². The predicted octanol–water partition coefficient (Wildman–Crippen LogP) is 1.36. The first kappa shape index (κ1) is 16.9. The van der Waals surface area contributed by atoms with E-state index in [0.717, 1.165) is 23.5 Å². The van der Waals surface area contributed by atoms with Gasteiger partial charge in [0.1, 0.15) is 11.5 Å². The van der Waals surface area contributed by atoms with Crippen LogP contribution in [0.3, 0.4) is 0 Å². The SMILES string of the molecule is COc1cc(CC2CN(C(=O)NCCC(=O)O)C2)cc(OC)c1. The number of carboxylic acid groups (broad SMARTS) is 1. The van der Waals surface area contributed by atoms with Gasteiger partial charge in [-0.3, -0.25) is 4.79 Å². The minimum atomic E-state index is -0.918. The molecule has 1 aromatic carbocycles. The lowest BCUT2D eigenvalue weighted by Gasteiger charge is -2.39. The lowest BCUT2D eigenvalue weighted by Crippen LogP contribution is -2.54. The van der Waals surface area contributed by atoms with Crippen LogP contribution in [-0.2, 0) is 11.2 Å². The van der Waals surface area contributed by atoms with Crippen LogP contribution in [0.1, 0.15) is 12.0 Å². The minimum Gasteiger partial charge on any atom is -0.497 e. The van der Waals surface area contributed by atoms with Gasteiger partial charge in [0.2, 0.25) is 0 Å². The Labute approximate surface area is 135 Å². The molecule has 1 fully saturated rings. The van der Waals surface area contributed by atoms with Gasteiger partial charge >= 0.3 is 12.0 Å². The second kappa shape index (κ2) is 7.71. The molecular formula is C16H22N2O5. The van der Waals surface area contributed by atoms with Crippen molar-refractivity contribution in [3.05, 3.63) is 23.8 Å². The Balaban J connectivity index is 1.79. The second-order valence-electron chi connectivity index (χ2n) is 5.57. The Morgan fingerprint density at radius 3 is 2.35 bits per heavy atom. The average molecular weight is 322 g/mol. The highest BCUT2D eigenvalue weighted by Crippen LogP contribution is 2.27. The molecule has 7 nitrogen and oxygen atoms in total. The summed E-state index contributed by atoms with van der Waals surface area (Å²) in [6, 6.07) is 5.56. The molecule has 0 atom stereocenters. The van der Waals surface area contributed by atoms with Gasteiger partial charge in [0.05, 0.1) is 20.6 Å².